The highest BCUT2D eigenvalue weighted by molar-refractivity contribution is 5.94. The van der Waals surface area contributed by atoms with Crippen LogP contribution in [0.3, 0.4) is 0 Å². The number of pyridine rings is 1. The largest absolute Gasteiger partial charge is 0.489 e. The summed E-state index contributed by atoms with van der Waals surface area (Å²) in [4.78, 5) is 16.3. The molecule has 4 rings (SSSR count). The monoisotopic (exact) mass is 397 g/mol. The van der Waals surface area contributed by atoms with Crippen LogP contribution in [0.4, 0.5) is 0 Å². The van der Waals surface area contributed by atoms with Gasteiger partial charge in [0.15, 0.2) is 0 Å². The molecule has 0 saturated carbocycles. The van der Waals surface area contributed by atoms with Crippen LogP contribution in [0.1, 0.15) is 21.7 Å². The predicted octanol–water partition coefficient (Wildman–Crippen LogP) is 3.81. The second-order valence-electron chi connectivity index (χ2n) is 6.42. The maximum absolute atomic E-state index is 12.2. The van der Waals surface area contributed by atoms with E-state index in [1.807, 2.05) is 66.7 Å². The minimum absolute atomic E-state index is 0.313. The summed E-state index contributed by atoms with van der Waals surface area (Å²) in [6, 6.07) is 24.7. The fourth-order valence-electron chi connectivity index (χ4n) is 2.72. The summed E-state index contributed by atoms with van der Waals surface area (Å²) in [5, 5.41) is 10.8. The van der Waals surface area contributed by atoms with Crippen molar-refractivity contribution in [3.8, 4) is 17.0 Å². The molecule has 0 unspecified atom stereocenters. The lowest BCUT2D eigenvalue weighted by Gasteiger charge is -2.06. The van der Waals surface area contributed by atoms with Gasteiger partial charge in [0, 0.05) is 11.8 Å². The Balaban J connectivity index is 1.35. The highest BCUT2D eigenvalue weighted by Crippen LogP contribution is 2.22. The van der Waals surface area contributed by atoms with E-state index in [2.05, 4.69) is 25.7 Å². The summed E-state index contributed by atoms with van der Waals surface area (Å²) in [7, 11) is 0. The molecule has 148 valence electrons. The standard InChI is InChI=1S/C23H19N5O2/c29-23(28-25-15-19-8-4-5-13-24-19)22-14-21(26-27-22)18-9-11-20(12-10-18)30-16-17-6-2-1-3-7-17/h1-15H,16H2,(H,26,27)(H,28,29)/b25-15+. The first kappa shape index (κ1) is 19.1. The molecule has 2 N–H and O–H groups in total. The third-order valence-electron chi connectivity index (χ3n) is 4.27. The number of benzene rings is 2. The molecule has 7 nitrogen and oxygen atoms in total. The number of carbonyl (C=O) groups is 1. The number of H-pyrrole nitrogens is 1. The molecule has 0 spiro atoms. The molecule has 4 aromatic rings. The number of nitrogens with zero attached hydrogens (tertiary/aromatic N) is 3. The molecule has 30 heavy (non-hydrogen) atoms. The van der Waals surface area contributed by atoms with Crippen LogP contribution in [0.15, 0.2) is 90.2 Å². The zero-order chi connectivity index (χ0) is 20.6. The molecule has 0 atom stereocenters. The van der Waals surface area contributed by atoms with E-state index in [-0.39, 0.29) is 5.91 Å². The van der Waals surface area contributed by atoms with Crippen LogP contribution in [0, 0.1) is 0 Å². The summed E-state index contributed by atoms with van der Waals surface area (Å²) >= 11 is 0. The van der Waals surface area contributed by atoms with Crippen LogP contribution < -0.4 is 10.2 Å². The normalized spacial score (nSPS) is 10.8. The Morgan fingerprint density at radius 2 is 1.83 bits per heavy atom. The van der Waals surface area contributed by atoms with Crippen molar-refractivity contribution in [2.24, 2.45) is 5.10 Å². The van der Waals surface area contributed by atoms with Crippen LogP contribution in [0.2, 0.25) is 0 Å². The minimum Gasteiger partial charge on any atom is -0.489 e. The number of ether oxygens (including phenoxy) is 1. The van der Waals surface area contributed by atoms with E-state index in [1.54, 1.807) is 18.3 Å². The Bertz CT molecular complexity index is 1120. The number of hydrogen-bond donors (Lipinski definition) is 2. The van der Waals surface area contributed by atoms with Gasteiger partial charge in [0.1, 0.15) is 18.1 Å². The van der Waals surface area contributed by atoms with Crippen molar-refractivity contribution in [1.82, 2.24) is 20.6 Å². The molecule has 2 heterocycles. The van der Waals surface area contributed by atoms with Gasteiger partial charge in [0.2, 0.25) is 0 Å². The molecule has 0 bridgehead atoms. The molecule has 0 radical (unpaired) electrons. The molecule has 0 aliphatic heterocycles. The predicted molar refractivity (Wildman–Crippen MR) is 114 cm³/mol. The van der Waals surface area contributed by atoms with Gasteiger partial charge in [0.25, 0.3) is 5.91 Å². The molecule has 0 saturated heterocycles. The van der Waals surface area contributed by atoms with Crippen molar-refractivity contribution in [3.05, 3.63) is 102 Å². The van der Waals surface area contributed by atoms with Gasteiger partial charge >= 0.3 is 0 Å². The fourth-order valence-corrected chi connectivity index (χ4v) is 2.72. The maximum Gasteiger partial charge on any atom is 0.289 e. The van der Waals surface area contributed by atoms with Crippen molar-refractivity contribution < 1.29 is 9.53 Å². The molecule has 7 heteroatoms. The summed E-state index contributed by atoms with van der Waals surface area (Å²) < 4.78 is 5.79. The third kappa shape index (κ3) is 4.96. The van der Waals surface area contributed by atoms with Gasteiger partial charge in [0.05, 0.1) is 17.6 Å². The third-order valence-corrected chi connectivity index (χ3v) is 4.27. The first-order valence-electron chi connectivity index (χ1n) is 9.35. The molecule has 0 fully saturated rings. The number of hydrogen-bond acceptors (Lipinski definition) is 5. The van der Waals surface area contributed by atoms with Gasteiger partial charge < -0.3 is 4.74 Å². The number of amides is 1. The van der Waals surface area contributed by atoms with Crippen molar-refractivity contribution in [2.45, 2.75) is 6.61 Å². The maximum atomic E-state index is 12.2. The number of hydrazone groups is 1. The topological polar surface area (TPSA) is 92.3 Å². The number of carbonyl (C=O) groups excluding carboxylic acids is 1. The van der Waals surface area contributed by atoms with Crippen molar-refractivity contribution in [3.63, 3.8) is 0 Å². The molecule has 0 aliphatic carbocycles. The number of aromatic amines is 1. The Labute approximate surface area is 173 Å². The molecule has 1 amide bonds. The molecule has 0 aliphatic rings. The number of rotatable bonds is 7. The van der Waals surface area contributed by atoms with Gasteiger partial charge in [-0.05, 0) is 48.0 Å². The summed E-state index contributed by atoms with van der Waals surface area (Å²) in [5.74, 6) is 0.378. The van der Waals surface area contributed by atoms with E-state index in [9.17, 15) is 4.79 Å². The average Bonchev–Trinajstić information content (AvgIpc) is 3.30. The van der Waals surface area contributed by atoms with E-state index in [0.717, 1.165) is 16.9 Å². The molecule has 2 aromatic carbocycles. The number of aromatic nitrogens is 3. The van der Waals surface area contributed by atoms with E-state index < -0.39 is 0 Å². The van der Waals surface area contributed by atoms with E-state index in [1.165, 1.54) is 6.21 Å². The SMILES string of the molecule is O=C(N/N=C/c1ccccn1)c1cc(-c2ccc(OCc3ccccc3)cc2)n[nH]1. The Hall–Kier alpha value is -4.26. The van der Waals surface area contributed by atoms with Gasteiger partial charge in [-0.2, -0.15) is 10.2 Å². The zero-order valence-electron chi connectivity index (χ0n) is 16.0. The highest BCUT2D eigenvalue weighted by atomic mass is 16.5. The van der Waals surface area contributed by atoms with Gasteiger partial charge in [-0.3, -0.25) is 14.9 Å². The van der Waals surface area contributed by atoms with Crippen molar-refractivity contribution in [2.75, 3.05) is 0 Å². The molecular formula is C23H19N5O2. The average molecular weight is 397 g/mol. The molecular weight excluding hydrogens is 378 g/mol. The Morgan fingerprint density at radius 3 is 2.60 bits per heavy atom. The smallest absolute Gasteiger partial charge is 0.289 e. The Kier molecular flexibility index (Phi) is 5.91. The van der Waals surface area contributed by atoms with Gasteiger partial charge in [-0.15, -0.1) is 0 Å². The fraction of sp³-hybridized carbons (Fsp3) is 0.0435. The van der Waals surface area contributed by atoms with Gasteiger partial charge in [-0.25, -0.2) is 5.43 Å². The highest BCUT2D eigenvalue weighted by Gasteiger charge is 2.10. The van der Waals surface area contributed by atoms with Crippen molar-refractivity contribution >= 4 is 12.1 Å². The quantitative estimate of drug-likeness (QED) is 0.366. The lowest BCUT2D eigenvalue weighted by Crippen LogP contribution is -2.18. The van der Waals surface area contributed by atoms with Crippen LogP contribution in [0.5, 0.6) is 5.75 Å². The zero-order valence-corrected chi connectivity index (χ0v) is 16.0. The van der Waals surface area contributed by atoms with E-state index >= 15 is 0 Å². The summed E-state index contributed by atoms with van der Waals surface area (Å²) in [6.45, 7) is 0.506. The van der Waals surface area contributed by atoms with Crippen LogP contribution in [-0.2, 0) is 6.61 Å². The van der Waals surface area contributed by atoms with E-state index in [4.69, 9.17) is 4.74 Å². The summed E-state index contributed by atoms with van der Waals surface area (Å²) in [5.41, 5.74) is 6.05. The first-order chi connectivity index (χ1) is 14.8. The lowest BCUT2D eigenvalue weighted by molar-refractivity contribution is 0.0950. The van der Waals surface area contributed by atoms with Crippen LogP contribution in [-0.4, -0.2) is 27.3 Å². The lowest BCUT2D eigenvalue weighted by atomic mass is 10.1. The second kappa shape index (κ2) is 9.29. The van der Waals surface area contributed by atoms with Crippen molar-refractivity contribution in [1.29, 1.82) is 0 Å². The number of nitrogens with one attached hydrogen (secondary N) is 2. The second-order valence-corrected chi connectivity index (χ2v) is 6.42. The summed E-state index contributed by atoms with van der Waals surface area (Å²) in [6.07, 6.45) is 3.13. The Morgan fingerprint density at radius 1 is 1.03 bits per heavy atom. The van der Waals surface area contributed by atoms with Crippen LogP contribution >= 0.6 is 0 Å². The minimum atomic E-state index is -0.385. The molecule has 2 aromatic heterocycles. The van der Waals surface area contributed by atoms with Crippen LogP contribution in [0.25, 0.3) is 11.3 Å². The van der Waals surface area contributed by atoms with Gasteiger partial charge in [-0.1, -0.05) is 36.4 Å². The first-order valence-corrected chi connectivity index (χ1v) is 9.35. The van der Waals surface area contributed by atoms with E-state index in [0.29, 0.717) is 23.7 Å².